The lowest BCUT2D eigenvalue weighted by molar-refractivity contribution is 0.0957. The Hall–Kier alpha value is -3.08. The lowest BCUT2D eigenvalue weighted by Gasteiger charge is -2.05. The summed E-state index contributed by atoms with van der Waals surface area (Å²) in [6.45, 7) is 0. The Morgan fingerprint density at radius 1 is 0.952 bits per heavy atom. The van der Waals surface area contributed by atoms with Gasteiger partial charge in [-0.25, -0.2) is 4.98 Å². The monoisotopic (exact) mass is 279 g/mol. The number of benzene rings is 2. The molecule has 1 amide bonds. The number of anilines is 1. The average molecular weight is 279 g/mol. The van der Waals surface area contributed by atoms with Crippen molar-refractivity contribution in [1.29, 1.82) is 0 Å². The Bertz CT molecular complexity index is 724. The molecular weight excluding hydrogens is 266 g/mol. The Kier molecular flexibility index (Phi) is 3.64. The highest BCUT2D eigenvalue weighted by Gasteiger charge is 2.12. The van der Waals surface area contributed by atoms with E-state index in [9.17, 15) is 4.79 Å². The zero-order valence-corrected chi connectivity index (χ0v) is 11.1. The fourth-order valence-corrected chi connectivity index (χ4v) is 1.81. The van der Waals surface area contributed by atoms with E-state index in [-0.39, 0.29) is 11.6 Å². The van der Waals surface area contributed by atoms with Crippen molar-refractivity contribution in [2.45, 2.75) is 0 Å². The van der Waals surface area contributed by atoms with Crippen LogP contribution in [0.4, 0.5) is 5.69 Å². The molecule has 0 fully saturated rings. The number of hydrazine groups is 1. The number of aromatic nitrogens is 1. The van der Waals surface area contributed by atoms with Crippen LogP contribution in [0.1, 0.15) is 10.5 Å². The first-order valence-corrected chi connectivity index (χ1v) is 6.45. The van der Waals surface area contributed by atoms with E-state index in [0.717, 1.165) is 11.3 Å². The molecule has 0 unspecified atom stereocenters. The minimum absolute atomic E-state index is 0.220. The van der Waals surface area contributed by atoms with Gasteiger partial charge < -0.3 is 4.42 Å². The SMILES string of the molecule is O=C(NNc1ccccc1)c1coc(-c2ccccc2)n1. The van der Waals surface area contributed by atoms with Crippen molar-refractivity contribution in [3.05, 3.63) is 72.6 Å². The standard InChI is InChI=1S/C16H13N3O2/c20-15(19-18-13-9-5-2-6-10-13)14-11-21-16(17-14)12-7-3-1-4-8-12/h1-11,18H,(H,19,20). The van der Waals surface area contributed by atoms with E-state index in [2.05, 4.69) is 15.8 Å². The summed E-state index contributed by atoms with van der Waals surface area (Å²) in [6, 6.07) is 18.8. The molecule has 21 heavy (non-hydrogen) atoms. The normalized spacial score (nSPS) is 10.1. The fraction of sp³-hybridized carbons (Fsp3) is 0. The summed E-state index contributed by atoms with van der Waals surface area (Å²) in [6.07, 6.45) is 1.34. The van der Waals surface area contributed by atoms with Crippen molar-refractivity contribution < 1.29 is 9.21 Å². The molecule has 104 valence electrons. The van der Waals surface area contributed by atoms with Gasteiger partial charge in [-0.2, -0.15) is 0 Å². The Morgan fingerprint density at radius 2 is 1.62 bits per heavy atom. The minimum atomic E-state index is -0.357. The summed E-state index contributed by atoms with van der Waals surface area (Å²) in [7, 11) is 0. The molecule has 2 aromatic carbocycles. The molecule has 5 nitrogen and oxygen atoms in total. The highest BCUT2D eigenvalue weighted by Crippen LogP contribution is 2.17. The van der Waals surface area contributed by atoms with Crippen molar-refractivity contribution >= 4 is 11.6 Å². The van der Waals surface area contributed by atoms with Crippen LogP contribution >= 0.6 is 0 Å². The van der Waals surface area contributed by atoms with Crippen molar-refractivity contribution in [3.8, 4) is 11.5 Å². The second-order valence-corrected chi connectivity index (χ2v) is 4.35. The highest BCUT2D eigenvalue weighted by atomic mass is 16.3. The summed E-state index contributed by atoms with van der Waals surface area (Å²) in [5, 5.41) is 0. The van der Waals surface area contributed by atoms with E-state index in [1.54, 1.807) is 0 Å². The predicted molar refractivity (Wildman–Crippen MR) is 79.5 cm³/mol. The van der Waals surface area contributed by atoms with Crippen LogP contribution in [0, 0.1) is 0 Å². The molecule has 0 saturated heterocycles. The summed E-state index contributed by atoms with van der Waals surface area (Å²) in [5.74, 6) is 0.0604. The third kappa shape index (κ3) is 3.09. The van der Waals surface area contributed by atoms with Crippen LogP contribution in [0.25, 0.3) is 11.5 Å². The van der Waals surface area contributed by atoms with Crippen LogP contribution in [0.5, 0.6) is 0 Å². The molecule has 3 aromatic rings. The number of hydrogen-bond donors (Lipinski definition) is 2. The number of oxazole rings is 1. The smallest absolute Gasteiger partial charge is 0.291 e. The zero-order valence-electron chi connectivity index (χ0n) is 11.1. The number of amides is 1. The molecule has 0 spiro atoms. The summed E-state index contributed by atoms with van der Waals surface area (Å²) in [4.78, 5) is 16.1. The summed E-state index contributed by atoms with van der Waals surface area (Å²) < 4.78 is 5.32. The molecule has 1 heterocycles. The van der Waals surface area contributed by atoms with Gasteiger partial charge in [0.15, 0.2) is 5.69 Å². The third-order valence-electron chi connectivity index (χ3n) is 2.85. The van der Waals surface area contributed by atoms with Crippen LogP contribution < -0.4 is 10.9 Å². The fourth-order valence-electron chi connectivity index (χ4n) is 1.81. The van der Waals surface area contributed by atoms with Gasteiger partial charge >= 0.3 is 0 Å². The van der Waals surface area contributed by atoms with Crippen LogP contribution in [-0.2, 0) is 0 Å². The summed E-state index contributed by atoms with van der Waals surface area (Å²) in [5.41, 5.74) is 7.21. The molecule has 1 aromatic heterocycles. The quantitative estimate of drug-likeness (QED) is 0.720. The molecule has 0 bridgehead atoms. The molecule has 0 aliphatic heterocycles. The topological polar surface area (TPSA) is 67.2 Å². The lowest BCUT2D eigenvalue weighted by Crippen LogP contribution is -2.29. The van der Waals surface area contributed by atoms with E-state index >= 15 is 0 Å². The van der Waals surface area contributed by atoms with E-state index in [0.29, 0.717) is 5.89 Å². The van der Waals surface area contributed by atoms with Gasteiger partial charge in [-0.1, -0.05) is 36.4 Å². The maximum absolute atomic E-state index is 12.0. The Labute approximate surface area is 121 Å². The first kappa shape index (κ1) is 12.9. The van der Waals surface area contributed by atoms with Gasteiger partial charge in [0, 0.05) is 5.56 Å². The van der Waals surface area contributed by atoms with Gasteiger partial charge in [0.2, 0.25) is 5.89 Å². The van der Waals surface area contributed by atoms with Crippen LogP contribution in [0.2, 0.25) is 0 Å². The van der Waals surface area contributed by atoms with Crippen LogP contribution in [0.15, 0.2) is 71.3 Å². The molecular formula is C16H13N3O2. The first-order valence-electron chi connectivity index (χ1n) is 6.45. The number of nitrogens with one attached hydrogen (secondary N) is 2. The van der Waals surface area contributed by atoms with Gasteiger partial charge in [-0.05, 0) is 24.3 Å². The second-order valence-electron chi connectivity index (χ2n) is 4.35. The van der Waals surface area contributed by atoms with Crippen molar-refractivity contribution in [2.24, 2.45) is 0 Å². The van der Waals surface area contributed by atoms with Crippen molar-refractivity contribution in [2.75, 3.05) is 5.43 Å². The number of nitrogens with zero attached hydrogens (tertiary/aromatic N) is 1. The zero-order chi connectivity index (χ0) is 14.5. The molecule has 0 radical (unpaired) electrons. The molecule has 0 aliphatic rings. The number of carbonyl (C=O) groups is 1. The van der Waals surface area contributed by atoms with Crippen LogP contribution in [0.3, 0.4) is 0 Å². The van der Waals surface area contributed by atoms with Gasteiger partial charge in [0.1, 0.15) is 6.26 Å². The third-order valence-corrected chi connectivity index (χ3v) is 2.85. The number of para-hydroxylation sites is 1. The van der Waals surface area contributed by atoms with Crippen molar-refractivity contribution in [3.63, 3.8) is 0 Å². The Morgan fingerprint density at radius 3 is 2.33 bits per heavy atom. The van der Waals surface area contributed by atoms with E-state index in [1.807, 2.05) is 60.7 Å². The van der Waals surface area contributed by atoms with Gasteiger partial charge in [-0.15, -0.1) is 0 Å². The molecule has 0 saturated carbocycles. The largest absolute Gasteiger partial charge is 0.444 e. The Balaban J connectivity index is 1.67. The molecule has 0 aliphatic carbocycles. The maximum Gasteiger partial charge on any atom is 0.291 e. The highest BCUT2D eigenvalue weighted by molar-refractivity contribution is 5.93. The summed E-state index contributed by atoms with van der Waals surface area (Å²) >= 11 is 0. The predicted octanol–water partition coefficient (Wildman–Crippen LogP) is 3.10. The molecule has 2 N–H and O–H groups in total. The van der Waals surface area contributed by atoms with Crippen molar-refractivity contribution in [1.82, 2.24) is 10.4 Å². The number of rotatable bonds is 4. The van der Waals surface area contributed by atoms with Crippen LogP contribution in [-0.4, -0.2) is 10.9 Å². The van der Waals surface area contributed by atoms with E-state index in [1.165, 1.54) is 6.26 Å². The lowest BCUT2D eigenvalue weighted by atomic mass is 10.2. The van der Waals surface area contributed by atoms with Gasteiger partial charge in [-0.3, -0.25) is 15.6 Å². The molecule has 0 atom stereocenters. The minimum Gasteiger partial charge on any atom is -0.444 e. The second kappa shape index (κ2) is 5.92. The first-order chi connectivity index (χ1) is 10.3. The van der Waals surface area contributed by atoms with E-state index < -0.39 is 0 Å². The number of hydrogen-bond acceptors (Lipinski definition) is 4. The average Bonchev–Trinajstić information content (AvgIpc) is 3.04. The van der Waals surface area contributed by atoms with Gasteiger partial charge in [0.25, 0.3) is 5.91 Å². The molecule has 5 heteroatoms. The maximum atomic E-state index is 12.0. The van der Waals surface area contributed by atoms with Gasteiger partial charge in [0.05, 0.1) is 5.69 Å². The molecule has 3 rings (SSSR count). The number of carbonyl (C=O) groups excluding carboxylic acids is 1. The van der Waals surface area contributed by atoms with E-state index in [4.69, 9.17) is 4.42 Å².